The highest BCUT2D eigenvalue weighted by molar-refractivity contribution is 6.03. The van der Waals surface area contributed by atoms with E-state index in [1.807, 2.05) is 0 Å². The molecular weight excluding hydrogens is 260 g/mol. The highest BCUT2D eigenvalue weighted by Gasteiger charge is 2.19. The zero-order chi connectivity index (χ0) is 14.5. The lowest BCUT2D eigenvalue weighted by Crippen LogP contribution is -2.39. The number of carbonyl (C=O) groups is 2. The van der Waals surface area contributed by atoms with Crippen LogP contribution in [0.15, 0.2) is 42.6 Å². The molecule has 2 amide bonds. The van der Waals surface area contributed by atoms with Gasteiger partial charge in [0.05, 0.1) is 0 Å². The molecule has 0 atom stereocenters. The van der Waals surface area contributed by atoms with Crippen molar-refractivity contribution in [3.05, 3.63) is 42.6 Å². The lowest BCUT2D eigenvalue weighted by atomic mass is 10.3. The van der Waals surface area contributed by atoms with Gasteiger partial charge in [-0.1, -0.05) is 18.2 Å². The van der Waals surface area contributed by atoms with Gasteiger partial charge in [-0.15, -0.1) is 0 Å². The number of aryl methyl sites for hydroxylation is 1. The summed E-state index contributed by atoms with van der Waals surface area (Å²) in [6.45, 7) is -0.428. The molecule has 0 aliphatic rings. The molecule has 7 nitrogen and oxygen atoms in total. The first kappa shape index (κ1) is 13.6. The molecule has 0 saturated carbocycles. The maximum atomic E-state index is 12.2. The third kappa shape index (κ3) is 3.35. The third-order valence-corrected chi connectivity index (χ3v) is 2.56. The van der Waals surface area contributed by atoms with Gasteiger partial charge in [0, 0.05) is 25.0 Å². The van der Waals surface area contributed by atoms with E-state index in [0.717, 1.165) is 4.90 Å². The van der Waals surface area contributed by atoms with E-state index in [2.05, 4.69) is 10.4 Å². The molecular formula is C13H14N4O3. The lowest BCUT2D eigenvalue weighted by molar-refractivity contribution is -0.135. The molecule has 0 bridgehead atoms. The number of nitrogens with zero attached hydrogens (tertiary/aromatic N) is 3. The fourth-order valence-electron chi connectivity index (χ4n) is 1.68. The molecule has 0 radical (unpaired) electrons. The van der Waals surface area contributed by atoms with Gasteiger partial charge in [0.2, 0.25) is 0 Å². The molecule has 7 heteroatoms. The number of para-hydroxylation sites is 1. The van der Waals surface area contributed by atoms with E-state index >= 15 is 0 Å². The normalized spacial score (nSPS) is 10.1. The van der Waals surface area contributed by atoms with Gasteiger partial charge in [-0.3, -0.25) is 19.7 Å². The summed E-state index contributed by atoms with van der Waals surface area (Å²) in [6, 6.07) is 9.68. The molecule has 0 spiro atoms. The van der Waals surface area contributed by atoms with E-state index in [-0.39, 0.29) is 0 Å². The first-order valence-electron chi connectivity index (χ1n) is 5.91. The summed E-state index contributed by atoms with van der Waals surface area (Å²) >= 11 is 0. The summed E-state index contributed by atoms with van der Waals surface area (Å²) < 4.78 is 1.54. The standard InChI is InChI=1S/C13H14N4O3/c1-16-8-7-11(15-16)14-13(20)17(9-12(18)19)10-5-3-2-4-6-10/h2-8H,9H2,1H3,(H,18,19)(H,14,15,20). The Hall–Kier alpha value is -2.83. The summed E-state index contributed by atoms with van der Waals surface area (Å²) in [6.07, 6.45) is 1.68. The minimum Gasteiger partial charge on any atom is -0.480 e. The number of amides is 2. The predicted octanol–water partition coefficient (Wildman–Crippen LogP) is 1.54. The van der Waals surface area contributed by atoms with Crippen LogP contribution < -0.4 is 10.2 Å². The number of benzene rings is 1. The number of urea groups is 1. The number of nitrogens with one attached hydrogen (secondary N) is 1. The number of carboxylic acid groups (broad SMARTS) is 1. The molecule has 0 unspecified atom stereocenters. The molecule has 1 aromatic heterocycles. The van der Waals surface area contributed by atoms with Crippen LogP contribution in [-0.4, -0.2) is 33.4 Å². The Kier molecular flexibility index (Phi) is 3.99. The summed E-state index contributed by atoms with van der Waals surface area (Å²) in [4.78, 5) is 24.2. The van der Waals surface area contributed by atoms with Gasteiger partial charge in [0.1, 0.15) is 6.54 Å². The molecule has 104 valence electrons. The Labute approximate surface area is 115 Å². The van der Waals surface area contributed by atoms with Crippen molar-refractivity contribution in [1.29, 1.82) is 0 Å². The highest BCUT2D eigenvalue weighted by atomic mass is 16.4. The lowest BCUT2D eigenvalue weighted by Gasteiger charge is -2.20. The molecule has 2 N–H and O–H groups in total. The number of hydrogen-bond acceptors (Lipinski definition) is 3. The Bertz CT molecular complexity index is 609. The van der Waals surface area contributed by atoms with E-state index in [1.165, 1.54) is 0 Å². The first-order chi connectivity index (χ1) is 9.56. The van der Waals surface area contributed by atoms with Gasteiger partial charge < -0.3 is 5.11 Å². The van der Waals surface area contributed by atoms with Crippen LogP contribution in [-0.2, 0) is 11.8 Å². The van der Waals surface area contributed by atoms with E-state index in [9.17, 15) is 9.59 Å². The second kappa shape index (κ2) is 5.87. The van der Waals surface area contributed by atoms with Crippen LogP contribution in [0.3, 0.4) is 0 Å². The van der Waals surface area contributed by atoms with Crippen LogP contribution in [0.5, 0.6) is 0 Å². The first-order valence-corrected chi connectivity index (χ1v) is 5.91. The van der Waals surface area contributed by atoms with Crippen molar-refractivity contribution >= 4 is 23.5 Å². The number of rotatable bonds is 4. The van der Waals surface area contributed by atoms with Gasteiger partial charge in [0.15, 0.2) is 5.82 Å². The maximum Gasteiger partial charge on any atom is 0.328 e. The quantitative estimate of drug-likeness (QED) is 0.885. The maximum absolute atomic E-state index is 12.2. The van der Waals surface area contributed by atoms with Crippen molar-refractivity contribution in [3.8, 4) is 0 Å². The molecule has 1 heterocycles. The number of aromatic nitrogens is 2. The second-order valence-corrected chi connectivity index (χ2v) is 4.12. The van der Waals surface area contributed by atoms with Crippen molar-refractivity contribution in [2.75, 3.05) is 16.8 Å². The molecule has 0 fully saturated rings. The van der Waals surface area contributed by atoms with Crippen LogP contribution in [0, 0.1) is 0 Å². The largest absolute Gasteiger partial charge is 0.480 e. The van der Waals surface area contributed by atoms with E-state index < -0.39 is 18.5 Å². The molecule has 0 saturated heterocycles. The number of hydrogen-bond donors (Lipinski definition) is 2. The van der Waals surface area contributed by atoms with Crippen LogP contribution >= 0.6 is 0 Å². The van der Waals surface area contributed by atoms with Gasteiger partial charge in [0.25, 0.3) is 0 Å². The number of aliphatic carboxylic acids is 1. The van der Waals surface area contributed by atoms with Crippen LogP contribution in [0.25, 0.3) is 0 Å². The Morgan fingerprint density at radius 3 is 2.55 bits per heavy atom. The summed E-state index contributed by atoms with van der Waals surface area (Å²) in [5.74, 6) is -0.728. The Morgan fingerprint density at radius 2 is 2.00 bits per heavy atom. The fourth-order valence-corrected chi connectivity index (χ4v) is 1.68. The number of carboxylic acids is 1. The van der Waals surface area contributed by atoms with Crippen LogP contribution in [0.1, 0.15) is 0 Å². The van der Waals surface area contributed by atoms with Gasteiger partial charge >= 0.3 is 12.0 Å². The van der Waals surface area contributed by atoms with Crippen LogP contribution in [0.4, 0.5) is 16.3 Å². The van der Waals surface area contributed by atoms with Crippen LogP contribution in [0.2, 0.25) is 0 Å². The minimum absolute atomic E-state index is 0.365. The van der Waals surface area contributed by atoms with Crippen molar-refractivity contribution < 1.29 is 14.7 Å². The SMILES string of the molecule is Cn1ccc(NC(=O)N(CC(=O)O)c2ccccc2)n1. The van der Waals surface area contributed by atoms with Gasteiger partial charge in [-0.2, -0.15) is 5.10 Å². The molecule has 0 aliphatic heterocycles. The fraction of sp³-hybridized carbons (Fsp3) is 0.154. The van der Waals surface area contributed by atoms with E-state index in [4.69, 9.17) is 5.11 Å². The zero-order valence-corrected chi connectivity index (χ0v) is 10.9. The van der Waals surface area contributed by atoms with Gasteiger partial charge in [-0.25, -0.2) is 4.79 Å². The number of carbonyl (C=O) groups excluding carboxylic acids is 1. The number of anilines is 2. The summed E-state index contributed by atoms with van der Waals surface area (Å²) in [7, 11) is 1.72. The third-order valence-electron chi connectivity index (χ3n) is 2.56. The average molecular weight is 274 g/mol. The molecule has 0 aliphatic carbocycles. The smallest absolute Gasteiger partial charge is 0.328 e. The highest BCUT2D eigenvalue weighted by Crippen LogP contribution is 2.14. The van der Waals surface area contributed by atoms with Crippen molar-refractivity contribution in [1.82, 2.24) is 9.78 Å². The van der Waals surface area contributed by atoms with E-state index in [0.29, 0.717) is 11.5 Å². The predicted molar refractivity (Wildman–Crippen MR) is 73.7 cm³/mol. The van der Waals surface area contributed by atoms with E-state index in [1.54, 1.807) is 54.3 Å². The van der Waals surface area contributed by atoms with Crippen molar-refractivity contribution in [2.45, 2.75) is 0 Å². The summed E-state index contributed by atoms with van der Waals surface area (Å²) in [5, 5.41) is 15.5. The monoisotopic (exact) mass is 274 g/mol. The molecule has 1 aromatic carbocycles. The topological polar surface area (TPSA) is 87.5 Å². The second-order valence-electron chi connectivity index (χ2n) is 4.12. The molecule has 20 heavy (non-hydrogen) atoms. The summed E-state index contributed by atoms with van der Waals surface area (Å²) in [5.41, 5.74) is 0.503. The zero-order valence-electron chi connectivity index (χ0n) is 10.9. The van der Waals surface area contributed by atoms with Crippen molar-refractivity contribution in [2.24, 2.45) is 7.05 Å². The Morgan fingerprint density at radius 1 is 1.30 bits per heavy atom. The molecule has 2 rings (SSSR count). The van der Waals surface area contributed by atoms with Gasteiger partial charge in [-0.05, 0) is 12.1 Å². The minimum atomic E-state index is -1.09. The average Bonchev–Trinajstić information content (AvgIpc) is 2.82. The van der Waals surface area contributed by atoms with Crippen molar-refractivity contribution in [3.63, 3.8) is 0 Å². The Balaban J connectivity index is 2.18. The molecule has 2 aromatic rings.